The van der Waals surface area contributed by atoms with Gasteiger partial charge in [0.05, 0.1) is 32.3 Å². The highest BCUT2D eigenvalue weighted by molar-refractivity contribution is 5.56. The highest BCUT2D eigenvalue weighted by Crippen LogP contribution is 2.25. The molecule has 0 radical (unpaired) electrons. The van der Waals surface area contributed by atoms with Crippen molar-refractivity contribution in [2.24, 2.45) is 0 Å². The summed E-state index contributed by atoms with van der Waals surface area (Å²) in [6.45, 7) is 2.54. The lowest BCUT2D eigenvalue weighted by atomic mass is 10.2. The lowest BCUT2D eigenvalue weighted by Gasteiger charge is -2.27. The molecular formula is C18H22N2+2. The summed E-state index contributed by atoms with van der Waals surface area (Å²) in [6, 6.07) is 14.9. The second-order valence-corrected chi connectivity index (χ2v) is 5.78. The molecule has 2 nitrogen and oxygen atoms in total. The van der Waals surface area contributed by atoms with E-state index in [-0.39, 0.29) is 0 Å². The molecule has 0 spiro atoms. The minimum absolute atomic E-state index is 1.09. The molecular weight excluding hydrogens is 244 g/mol. The number of rotatable bonds is 3. The van der Waals surface area contributed by atoms with Gasteiger partial charge in [-0.1, -0.05) is 30.3 Å². The Hall–Kier alpha value is -1.93. The van der Waals surface area contributed by atoms with Crippen LogP contribution in [0.5, 0.6) is 0 Å². The molecule has 0 N–H and O–H groups in total. The molecule has 0 aliphatic carbocycles. The molecule has 1 aromatic heterocycles. The average molecular weight is 266 g/mol. The van der Waals surface area contributed by atoms with Gasteiger partial charge in [0.15, 0.2) is 18.6 Å². The Morgan fingerprint density at radius 3 is 2.25 bits per heavy atom. The lowest BCUT2D eigenvalue weighted by molar-refractivity contribution is -0.567. The molecule has 102 valence electrons. The number of hydrogen-bond donors (Lipinski definition) is 0. The highest BCUT2D eigenvalue weighted by Gasteiger charge is 2.29. The van der Waals surface area contributed by atoms with Crippen LogP contribution in [-0.4, -0.2) is 20.1 Å². The minimum atomic E-state index is 1.09. The van der Waals surface area contributed by atoms with E-state index in [4.69, 9.17) is 0 Å². The maximum absolute atomic E-state index is 2.34. The molecule has 0 amide bonds. The lowest BCUT2D eigenvalue weighted by Crippen LogP contribution is -2.42. The Morgan fingerprint density at radius 1 is 0.950 bits per heavy atom. The van der Waals surface area contributed by atoms with Crippen LogP contribution in [0.25, 0.3) is 12.3 Å². The Labute approximate surface area is 121 Å². The maximum atomic E-state index is 2.34. The Balaban J connectivity index is 1.75. The summed E-state index contributed by atoms with van der Waals surface area (Å²) in [5, 5.41) is 0. The van der Waals surface area contributed by atoms with Gasteiger partial charge < -0.3 is 0 Å². The van der Waals surface area contributed by atoms with Crippen LogP contribution in [0, 0.1) is 0 Å². The van der Waals surface area contributed by atoms with Gasteiger partial charge in [0.25, 0.3) is 0 Å². The zero-order valence-electron chi connectivity index (χ0n) is 12.1. The number of nitrogens with zero attached hydrogens (tertiary/aromatic N) is 2. The highest BCUT2D eigenvalue weighted by atomic mass is 15.3. The molecule has 20 heavy (non-hydrogen) atoms. The number of likely N-dealkylation sites (tertiary alicyclic amines) is 1. The molecule has 0 atom stereocenters. The first-order valence-electron chi connectivity index (χ1n) is 7.35. The molecule has 1 aromatic carbocycles. The maximum Gasteiger partial charge on any atom is 0.180 e. The van der Waals surface area contributed by atoms with Gasteiger partial charge in [0.2, 0.25) is 0 Å². The summed E-state index contributed by atoms with van der Waals surface area (Å²) >= 11 is 0. The van der Waals surface area contributed by atoms with Crippen molar-refractivity contribution in [2.75, 3.05) is 20.1 Å². The molecule has 1 saturated heterocycles. The predicted molar refractivity (Wildman–Crippen MR) is 85.0 cm³/mol. The Kier molecular flexibility index (Phi) is 3.66. The molecule has 2 aromatic rings. The SMILES string of the molecule is C[N+]1(c2cc[n+](C=Cc3ccccc3)cc2)CCCC1. The molecule has 1 aliphatic heterocycles. The zero-order valence-corrected chi connectivity index (χ0v) is 12.1. The smallest absolute Gasteiger partial charge is 0.180 e. The largest absolute Gasteiger partial charge is 0.293 e. The van der Waals surface area contributed by atoms with Crippen LogP contribution in [0.4, 0.5) is 5.69 Å². The van der Waals surface area contributed by atoms with Gasteiger partial charge in [-0.3, -0.25) is 4.48 Å². The third-order valence-corrected chi connectivity index (χ3v) is 4.25. The predicted octanol–water partition coefficient (Wildman–Crippen LogP) is 3.33. The van der Waals surface area contributed by atoms with Crippen molar-refractivity contribution in [3.63, 3.8) is 0 Å². The molecule has 0 saturated carbocycles. The van der Waals surface area contributed by atoms with E-state index < -0.39 is 0 Å². The molecule has 1 fully saturated rings. The molecule has 1 aliphatic rings. The van der Waals surface area contributed by atoms with Gasteiger partial charge in [-0.2, -0.15) is 4.57 Å². The van der Waals surface area contributed by atoms with Crippen molar-refractivity contribution in [3.05, 3.63) is 60.4 Å². The van der Waals surface area contributed by atoms with E-state index in [2.05, 4.69) is 72.7 Å². The van der Waals surface area contributed by atoms with E-state index >= 15 is 0 Å². The minimum Gasteiger partial charge on any atom is -0.293 e. The van der Waals surface area contributed by atoms with E-state index in [0.717, 1.165) is 4.48 Å². The van der Waals surface area contributed by atoms with Crippen molar-refractivity contribution in [1.82, 2.24) is 4.48 Å². The zero-order chi connectivity index (χ0) is 13.8. The van der Waals surface area contributed by atoms with E-state index in [1.807, 2.05) is 6.07 Å². The van der Waals surface area contributed by atoms with Gasteiger partial charge in [-0.25, -0.2) is 0 Å². The van der Waals surface area contributed by atoms with Gasteiger partial charge in [-0.15, -0.1) is 0 Å². The third-order valence-electron chi connectivity index (χ3n) is 4.25. The summed E-state index contributed by atoms with van der Waals surface area (Å²) in [5.74, 6) is 0. The number of benzene rings is 1. The van der Waals surface area contributed by atoms with E-state index in [1.165, 1.54) is 37.2 Å². The fourth-order valence-corrected chi connectivity index (χ4v) is 2.92. The first-order chi connectivity index (χ1) is 9.76. The van der Waals surface area contributed by atoms with Gasteiger partial charge >= 0.3 is 0 Å². The Morgan fingerprint density at radius 2 is 1.60 bits per heavy atom. The topological polar surface area (TPSA) is 3.88 Å². The van der Waals surface area contributed by atoms with Crippen molar-refractivity contribution in [1.29, 1.82) is 0 Å². The van der Waals surface area contributed by atoms with Gasteiger partial charge in [0.1, 0.15) is 5.69 Å². The molecule has 3 rings (SSSR count). The van der Waals surface area contributed by atoms with Crippen LogP contribution in [-0.2, 0) is 0 Å². The Bertz CT molecular complexity index is 579. The van der Waals surface area contributed by atoms with Crippen LogP contribution < -0.4 is 9.05 Å². The van der Waals surface area contributed by atoms with Crippen molar-refractivity contribution < 1.29 is 4.57 Å². The average Bonchev–Trinajstić information content (AvgIpc) is 2.95. The fourth-order valence-electron chi connectivity index (χ4n) is 2.92. The van der Waals surface area contributed by atoms with Crippen LogP contribution in [0.1, 0.15) is 18.4 Å². The number of pyridine rings is 1. The summed E-state index contributed by atoms with van der Waals surface area (Å²) in [4.78, 5) is 0. The summed E-state index contributed by atoms with van der Waals surface area (Å²) in [6.07, 6.45) is 11.2. The first-order valence-corrected chi connectivity index (χ1v) is 7.35. The standard InChI is InChI=1S/C18H22N2/c1-20(15-5-6-16-20)18-10-13-19(14-11-18)12-9-17-7-3-2-4-8-17/h2-4,7-14H,5-6,15-16H2,1H3/q+2. The van der Waals surface area contributed by atoms with Crippen LogP contribution in [0.2, 0.25) is 0 Å². The third kappa shape index (κ3) is 2.81. The van der Waals surface area contributed by atoms with Crippen LogP contribution in [0.15, 0.2) is 54.9 Å². The van der Waals surface area contributed by atoms with E-state index in [1.54, 1.807) is 0 Å². The van der Waals surface area contributed by atoms with E-state index in [0.29, 0.717) is 0 Å². The number of hydrogen-bond acceptors (Lipinski definition) is 0. The fraction of sp³-hybridized carbons (Fsp3) is 0.278. The molecule has 0 bridgehead atoms. The second-order valence-electron chi connectivity index (χ2n) is 5.78. The van der Waals surface area contributed by atoms with E-state index in [9.17, 15) is 0 Å². The van der Waals surface area contributed by atoms with Crippen molar-refractivity contribution in [3.8, 4) is 0 Å². The van der Waals surface area contributed by atoms with Crippen molar-refractivity contribution >= 4 is 18.0 Å². The first kappa shape index (κ1) is 13.1. The second kappa shape index (κ2) is 5.59. The summed E-state index contributed by atoms with van der Waals surface area (Å²) < 4.78 is 3.20. The molecule has 2 heteroatoms. The monoisotopic (exact) mass is 266 g/mol. The van der Waals surface area contributed by atoms with Crippen LogP contribution >= 0.6 is 0 Å². The quantitative estimate of drug-likeness (QED) is 0.592. The van der Waals surface area contributed by atoms with Gasteiger partial charge in [-0.05, 0) is 5.56 Å². The summed E-state index contributed by atoms with van der Waals surface area (Å²) in [7, 11) is 2.34. The van der Waals surface area contributed by atoms with Gasteiger partial charge in [0, 0.05) is 18.9 Å². The van der Waals surface area contributed by atoms with Crippen molar-refractivity contribution in [2.45, 2.75) is 12.8 Å². The summed E-state index contributed by atoms with van der Waals surface area (Å²) in [5.41, 5.74) is 2.65. The number of quaternary nitrogens is 1. The number of aromatic nitrogens is 1. The molecule has 2 heterocycles. The molecule has 0 unspecified atom stereocenters. The van der Waals surface area contributed by atoms with Crippen LogP contribution in [0.3, 0.4) is 0 Å². The normalized spacial score (nSPS) is 17.6.